The molecule has 0 amide bonds. The Balaban J connectivity index is 1.99. The molecule has 0 aliphatic carbocycles. The van der Waals surface area contributed by atoms with Crippen LogP contribution in [0.15, 0.2) is 12.2 Å². The number of hydrogen-bond donors (Lipinski definition) is 0. The predicted molar refractivity (Wildman–Crippen MR) is 120 cm³/mol. The molecule has 1 fully saturated rings. The first-order chi connectivity index (χ1) is 11.5. The summed E-state index contributed by atoms with van der Waals surface area (Å²) in [6.45, 7) is 10.2. The van der Waals surface area contributed by atoms with Crippen LogP contribution in [-0.2, 0) is 4.79 Å². The zero-order valence-electron chi connectivity index (χ0n) is 15.6. The second-order valence-electron chi connectivity index (χ2n) is 6.66. The maximum absolute atomic E-state index is 11.4. The van der Waals surface area contributed by atoms with E-state index in [1.165, 1.54) is 41.6 Å². The van der Waals surface area contributed by atoms with Crippen molar-refractivity contribution in [3.63, 3.8) is 0 Å². The normalized spacial score (nSPS) is 22.3. The Hall–Kier alpha value is 0.810. The van der Waals surface area contributed by atoms with Gasteiger partial charge in [-0.3, -0.25) is 4.79 Å². The number of allylic oxidation sites excluding steroid dienone is 1. The van der Waals surface area contributed by atoms with Crippen LogP contribution in [0.1, 0.15) is 46.5 Å². The highest BCUT2D eigenvalue weighted by atomic mass is 32.2. The van der Waals surface area contributed by atoms with Gasteiger partial charge in [-0.25, -0.2) is 0 Å². The summed E-state index contributed by atoms with van der Waals surface area (Å²) in [7, 11) is 0. The SMILES string of the molecule is C=C(C)C(=O)CCCSCCSCC1CSCC(CC(C)CC)S1. The number of hydrogen-bond acceptors (Lipinski definition) is 5. The summed E-state index contributed by atoms with van der Waals surface area (Å²) in [4.78, 5) is 11.4. The van der Waals surface area contributed by atoms with E-state index >= 15 is 0 Å². The van der Waals surface area contributed by atoms with E-state index in [-0.39, 0.29) is 5.78 Å². The first-order valence-electron chi connectivity index (χ1n) is 9.10. The number of thioether (sulfide) groups is 4. The number of carbonyl (C=O) groups is 1. The molecule has 0 spiro atoms. The molecule has 0 radical (unpaired) electrons. The summed E-state index contributed by atoms with van der Waals surface area (Å²) in [6, 6.07) is 0. The van der Waals surface area contributed by atoms with E-state index in [2.05, 4.69) is 55.7 Å². The first kappa shape index (κ1) is 22.9. The van der Waals surface area contributed by atoms with Crippen molar-refractivity contribution in [1.82, 2.24) is 0 Å². The molecule has 3 unspecified atom stereocenters. The van der Waals surface area contributed by atoms with Crippen molar-refractivity contribution in [3.05, 3.63) is 12.2 Å². The van der Waals surface area contributed by atoms with E-state index in [4.69, 9.17) is 0 Å². The topological polar surface area (TPSA) is 17.1 Å². The van der Waals surface area contributed by atoms with Crippen LogP contribution in [0.4, 0.5) is 0 Å². The standard InChI is InChI=1S/C19H34OS4/c1-5-16(4)11-17-12-23-14-18(24-17)13-22-10-9-21-8-6-7-19(20)15(2)3/h16-18H,2,5-14H2,1,3-4H3. The summed E-state index contributed by atoms with van der Waals surface area (Å²) in [5.74, 6) is 8.67. The molecule has 5 heteroatoms. The van der Waals surface area contributed by atoms with Crippen LogP contribution in [0.2, 0.25) is 0 Å². The Morgan fingerprint density at radius 2 is 1.92 bits per heavy atom. The molecule has 24 heavy (non-hydrogen) atoms. The summed E-state index contributed by atoms with van der Waals surface area (Å²) < 4.78 is 0. The van der Waals surface area contributed by atoms with Crippen LogP contribution in [-0.4, -0.2) is 50.8 Å². The summed E-state index contributed by atoms with van der Waals surface area (Å²) in [5.41, 5.74) is 0.699. The van der Waals surface area contributed by atoms with E-state index in [1.54, 1.807) is 6.92 Å². The summed E-state index contributed by atoms with van der Waals surface area (Å²) >= 11 is 8.53. The lowest BCUT2D eigenvalue weighted by molar-refractivity contribution is -0.115. The van der Waals surface area contributed by atoms with Crippen LogP contribution in [0, 0.1) is 5.92 Å². The molecule has 1 aliphatic rings. The van der Waals surface area contributed by atoms with E-state index in [9.17, 15) is 4.79 Å². The van der Waals surface area contributed by atoms with E-state index in [0.717, 1.165) is 28.6 Å². The molecule has 0 N–H and O–H groups in total. The zero-order valence-corrected chi connectivity index (χ0v) is 18.8. The Bertz CT molecular complexity index is 372. The molecule has 1 rings (SSSR count). The van der Waals surface area contributed by atoms with E-state index in [0.29, 0.717) is 12.0 Å². The van der Waals surface area contributed by atoms with Gasteiger partial charge in [0.15, 0.2) is 5.78 Å². The smallest absolute Gasteiger partial charge is 0.158 e. The van der Waals surface area contributed by atoms with Crippen LogP contribution in [0.5, 0.6) is 0 Å². The van der Waals surface area contributed by atoms with Gasteiger partial charge in [0.2, 0.25) is 0 Å². The van der Waals surface area contributed by atoms with Gasteiger partial charge in [-0.2, -0.15) is 47.0 Å². The average Bonchev–Trinajstić information content (AvgIpc) is 2.57. The maximum Gasteiger partial charge on any atom is 0.158 e. The lowest BCUT2D eigenvalue weighted by atomic mass is 10.0. The monoisotopic (exact) mass is 406 g/mol. The Labute approximate surface area is 166 Å². The largest absolute Gasteiger partial charge is 0.295 e. The van der Waals surface area contributed by atoms with Crippen molar-refractivity contribution < 1.29 is 4.79 Å². The fourth-order valence-corrected chi connectivity index (χ4v) is 8.39. The molecule has 1 aliphatic heterocycles. The second kappa shape index (κ2) is 13.9. The summed E-state index contributed by atoms with van der Waals surface area (Å²) in [6.07, 6.45) is 4.38. The van der Waals surface area contributed by atoms with Gasteiger partial charge in [0.05, 0.1) is 0 Å². The quantitative estimate of drug-likeness (QED) is 0.273. The molecule has 1 saturated heterocycles. The van der Waals surface area contributed by atoms with Crippen molar-refractivity contribution in [3.8, 4) is 0 Å². The number of carbonyl (C=O) groups excluding carboxylic acids is 1. The average molecular weight is 407 g/mol. The van der Waals surface area contributed by atoms with Gasteiger partial charge in [-0.05, 0) is 37.0 Å². The van der Waals surface area contributed by atoms with Crippen molar-refractivity contribution in [2.45, 2.75) is 57.0 Å². The molecule has 0 saturated carbocycles. The molecule has 0 bridgehead atoms. The Morgan fingerprint density at radius 3 is 2.62 bits per heavy atom. The molecule has 1 heterocycles. The third kappa shape index (κ3) is 10.7. The van der Waals surface area contributed by atoms with Gasteiger partial charge in [-0.1, -0.05) is 26.8 Å². The minimum Gasteiger partial charge on any atom is -0.295 e. The minimum atomic E-state index is 0.226. The highest BCUT2D eigenvalue weighted by molar-refractivity contribution is 8.08. The highest BCUT2D eigenvalue weighted by Gasteiger charge is 2.23. The van der Waals surface area contributed by atoms with Gasteiger partial charge in [0, 0.05) is 45.7 Å². The Kier molecular flexibility index (Phi) is 13.3. The van der Waals surface area contributed by atoms with Crippen molar-refractivity contribution in [2.24, 2.45) is 5.92 Å². The van der Waals surface area contributed by atoms with Gasteiger partial charge in [0.1, 0.15) is 0 Å². The first-order valence-corrected chi connectivity index (χ1v) is 13.5. The summed E-state index contributed by atoms with van der Waals surface area (Å²) in [5, 5.41) is 1.73. The lowest BCUT2D eigenvalue weighted by Gasteiger charge is -2.29. The van der Waals surface area contributed by atoms with Crippen LogP contribution < -0.4 is 0 Å². The molecule has 0 aromatic heterocycles. The van der Waals surface area contributed by atoms with Gasteiger partial charge in [0.25, 0.3) is 0 Å². The third-order valence-corrected chi connectivity index (χ3v) is 10.0. The predicted octanol–water partition coefficient (Wildman–Crippen LogP) is 6.03. The van der Waals surface area contributed by atoms with Gasteiger partial charge in [-0.15, -0.1) is 0 Å². The lowest BCUT2D eigenvalue weighted by Crippen LogP contribution is -2.25. The Morgan fingerprint density at radius 1 is 1.21 bits per heavy atom. The number of Topliss-reactive ketones (excluding diaryl/α,β-unsaturated/α-hetero) is 1. The fourth-order valence-electron chi connectivity index (χ4n) is 2.49. The zero-order chi connectivity index (χ0) is 17.8. The van der Waals surface area contributed by atoms with Crippen LogP contribution in [0.3, 0.4) is 0 Å². The molecular formula is C19H34OS4. The molecule has 0 aromatic rings. The number of rotatable bonds is 13. The minimum absolute atomic E-state index is 0.226. The highest BCUT2D eigenvalue weighted by Crippen LogP contribution is 2.35. The van der Waals surface area contributed by atoms with Gasteiger partial charge >= 0.3 is 0 Å². The van der Waals surface area contributed by atoms with E-state index in [1.807, 2.05) is 11.8 Å². The molecule has 0 aromatic carbocycles. The number of ketones is 1. The van der Waals surface area contributed by atoms with Crippen molar-refractivity contribution in [1.29, 1.82) is 0 Å². The fraction of sp³-hybridized carbons (Fsp3) is 0.842. The molecule has 140 valence electrons. The van der Waals surface area contributed by atoms with E-state index < -0.39 is 0 Å². The molecular weight excluding hydrogens is 372 g/mol. The van der Waals surface area contributed by atoms with Crippen LogP contribution in [0.25, 0.3) is 0 Å². The van der Waals surface area contributed by atoms with Crippen LogP contribution >= 0.6 is 47.0 Å². The van der Waals surface area contributed by atoms with Crippen molar-refractivity contribution in [2.75, 3.05) is 34.5 Å². The molecule has 3 atom stereocenters. The maximum atomic E-state index is 11.4. The second-order valence-corrected chi connectivity index (χ2v) is 11.7. The third-order valence-electron chi connectivity index (χ3n) is 4.20. The van der Waals surface area contributed by atoms with Crippen molar-refractivity contribution >= 4 is 52.8 Å². The van der Waals surface area contributed by atoms with Gasteiger partial charge < -0.3 is 0 Å². The molecule has 1 nitrogen and oxygen atoms in total.